The Kier molecular flexibility index (Phi) is 17.6. The van der Waals surface area contributed by atoms with E-state index in [1.807, 2.05) is 48.5 Å². The maximum Gasteiger partial charge on any atom is 0.407 e. The van der Waals surface area contributed by atoms with Crippen molar-refractivity contribution in [1.82, 2.24) is 50.7 Å². The van der Waals surface area contributed by atoms with Gasteiger partial charge in [0.25, 0.3) is 0 Å². The molecule has 66 heavy (non-hydrogen) atoms. The van der Waals surface area contributed by atoms with Gasteiger partial charge in [-0.3, -0.25) is 19.2 Å². The molecule has 3 heterocycles. The Hall–Kier alpha value is -6.60. The predicted molar refractivity (Wildman–Crippen MR) is 242 cm³/mol. The van der Waals surface area contributed by atoms with E-state index in [9.17, 15) is 38.4 Å². The lowest BCUT2D eigenvalue weighted by Gasteiger charge is -2.37. The molecule has 0 bridgehead atoms. The van der Waals surface area contributed by atoms with Crippen molar-refractivity contribution >= 4 is 47.9 Å². The third kappa shape index (κ3) is 16.4. The first-order valence-electron chi connectivity index (χ1n) is 22.5. The minimum Gasteiger partial charge on any atom is -0.444 e. The Morgan fingerprint density at radius 2 is 0.712 bits per heavy atom. The van der Waals surface area contributed by atoms with Crippen LogP contribution >= 0.6 is 0 Å². The van der Waals surface area contributed by atoms with Crippen molar-refractivity contribution in [3.05, 3.63) is 70.8 Å². The van der Waals surface area contributed by atoms with Gasteiger partial charge in [-0.25, -0.2) is 19.2 Å². The standard InChI is InChI=1S/C46H66N10O10/c1-45(2,3)65-43(63)49-29-35-11-7-33(8-12-35)27-47-41(61)53-23-19-51(20-24-53)39(59)31-55-17-15-38(58)56(18-16-37(55)57)32-40(60)52-21-25-54(26-22-52)42(62)48-28-34-9-13-36(14-10-34)30-50-44(64)66-46(4,5)6/h7-14H,15-32H2,1-6H3,(H,47,61)(H,48,62)(H,49,63)(H,50,64). The smallest absolute Gasteiger partial charge is 0.407 e. The zero-order valence-corrected chi connectivity index (χ0v) is 39.1. The van der Waals surface area contributed by atoms with Crippen molar-refractivity contribution in [1.29, 1.82) is 0 Å². The Morgan fingerprint density at radius 3 is 1.00 bits per heavy atom. The summed E-state index contributed by atoms with van der Waals surface area (Å²) in [5.41, 5.74) is 2.36. The first kappa shape index (κ1) is 50.4. The van der Waals surface area contributed by atoms with Gasteiger partial charge >= 0.3 is 24.2 Å². The molecule has 20 nitrogen and oxygen atoms in total. The molecule has 3 fully saturated rings. The molecule has 5 rings (SSSR count). The molecule has 0 radical (unpaired) electrons. The second kappa shape index (κ2) is 23.0. The van der Waals surface area contributed by atoms with Crippen LogP contribution in [-0.2, 0) is 54.8 Å². The molecule has 0 atom stereocenters. The molecule has 4 N–H and O–H groups in total. The number of carbonyl (C=O) groups excluding carboxylic acids is 8. The van der Waals surface area contributed by atoms with Gasteiger partial charge in [-0.05, 0) is 63.8 Å². The molecular weight excluding hydrogens is 853 g/mol. The van der Waals surface area contributed by atoms with Crippen molar-refractivity contribution < 1.29 is 47.8 Å². The van der Waals surface area contributed by atoms with Crippen LogP contribution in [0.2, 0.25) is 0 Å². The fourth-order valence-electron chi connectivity index (χ4n) is 7.31. The lowest BCUT2D eigenvalue weighted by Crippen LogP contribution is -2.56. The van der Waals surface area contributed by atoms with Crippen LogP contribution in [0.4, 0.5) is 19.2 Å². The second-order valence-corrected chi connectivity index (χ2v) is 18.5. The molecular formula is C46H66N10O10. The lowest BCUT2D eigenvalue weighted by molar-refractivity contribution is -0.147. The summed E-state index contributed by atoms with van der Waals surface area (Å²) >= 11 is 0. The molecule has 0 spiro atoms. The van der Waals surface area contributed by atoms with Crippen LogP contribution in [0.5, 0.6) is 0 Å². The van der Waals surface area contributed by atoms with E-state index >= 15 is 0 Å². The van der Waals surface area contributed by atoms with Gasteiger partial charge in [0.1, 0.15) is 11.2 Å². The highest BCUT2D eigenvalue weighted by Crippen LogP contribution is 2.14. The van der Waals surface area contributed by atoms with E-state index in [4.69, 9.17) is 9.47 Å². The number of hydrogen-bond acceptors (Lipinski definition) is 10. The number of rotatable bonds is 12. The number of hydrogen-bond donors (Lipinski definition) is 4. The Balaban J connectivity index is 0.952. The quantitative estimate of drug-likeness (QED) is 0.244. The number of nitrogens with zero attached hydrogens (tertiary/aromatic N) is 6. The Labute approximate surface area is 386 Å². The zero-order valence-electron chi connectivity index (χ0n) is 39.1. The van der Waals surface area contributed by atoms with E-state index in [2.05, 4.69) is 21.3 Å². The van der Waals surface area contributed by atoms with Gasteiger partial charge in [0, 0.05) is 104 Å². The van der Waals surface area contributed by atoms with E-state index in [0.717, 1.165) is 22.3 Å². The first-order valence-corrected chi connectivity index (χ1v) is 22.5. The number of benzene rings is 2. The van der Waals surface area contributed by atoms with Crippen molar-refractivity contribution in [2.24, 2.45) is 0 Å². The van der Waals surface area contributed by atoms with Crippen LogP contribution in [0, 0.1) is 0 Å². The Bertz CT molecular complexity index is 1890. The molecule has 0 aliphatic carbocycles. The van der Waals surface area contributed by atoms with Crippen molar-refractivity contribution in [3.8, 4) is 0 Å². The topological polar surface area (TPSA) is 223 Å². The normalized spacial score (nSPS) is 16.2. The van der Waals surface area contributed by atoms with Gasteiger partial charge in [-0.1, -0.05) is 48.5 Å². The zero-order chi connectivity index (χ0) is 48.0. The summed E-state index contributed by atoms with van der Waals surface area (Å²) < 4.78 is 10.5. The highest BCUT2D eigenvalue weighted by atomic mass is 16.6. The summed E-state index contributed by atoms with van der Waals surface area (Å²) in [5, 5.41) is 11.2. The fourth-order valence-corrected chi connectivity index (χ4v) is 7.31. The van der Waals surface area contributed by atoms with Crippen LogP contribution in [0.15, 0.2) is 48.5 Å². The number of urea groups is 2. The third-order valence-electron chi connectivity index (χ3n) is 11.0. The first-order chi connectivity index (χ1) is 31.2. The molecule has 3 aliphatic heterocycles. The number of alkyl carbamates (subject to hydrolysis) is 2. The number of amides is 10. The van der Waals surface area contributed by atoms with Crippen molar-refractivity contribution in [2.45, 2.75) is 91.8 Å². The predicted octanol–water partition coefficient (Wildman–Crippen LogP) is 2.59. The highest BCUT2D eigenvalue weighted by Gasteiger charge is 2.31. The van der Waals surface area contributed by atoms with Crippen LogP contribution in [0.25, 0.3) is 0 Å². The van der Waals surface area contributed by atoms with E-state index in [1.54, 1.807) is 61.1 Å². The molecule has 20 heteroatoms. The number of piperazine rings is 2. The average molecular weight is 919 g/mol. The van der Waals surface area contributed by atoms with Crippen LogP contribution < -0.4 is 21.3 Å². The van der Waals surface area contributed by atoms with E-state index in [-0.39, 0.29) is 74.7 Å². The summed E-state index contributed by atoms with van der Waals surface area (Å²) in [5.74, 6) is -1.11. The summed E-state index contributed by atoms with van der Waals surface area (Å²) in [7, 11) is 0. The minimum atomic E-state index is -0.585. The third-order valence-corrected chi connectivity index (χ3v) is 11.0. The largest absolute Gasteiger partial charge is 0.444 e. The lowest BCUT2D eigenvalue weighted by atomic mass is 10.1. The van der Waals surface area contributed by atoms with Gasteiger partial charge in [0.2, 0.25) is 23.6 Å². The van der Waals surface area contributed by atoms with E-state index < -0.39 is 23.4 Å². The molecule has 0 saturated carbocycles. The van der Waals surface area contributed by atoms with Gasteiger partial charge < -0.3 is 60.1 Å². The number of ether oxygens (including phenoxy) is 2. The van der Waals surface area contributed by atoms with Gasteiger partial charge in [0.05, 0.1) is 13.1 Å². The monoisotopic (exact) mass is 918 g/mol. The van der Waals surface area contributed by atoms with Crippen LogP contribution in [-0.4, -0.2) is 167 Å². The van der Waals surface area contributed by atoms with Crippen molar-refractivity contribution in [3.63, 3.8) is 0 Å². The fraction of sp³-hybridized carbons (Fsp3) is 0.565. The summed E-state index contributed by atoms with van der Waals surface area (Å²) in [4.78, 5) is 112. The summed E-state index contributed by atoms with van der Waals surface area (Å²) in [6.45, 7) is 14.2. The highest BCUT2D eigenvalue weighted by molar-refractivity contribution is 5.89. The summed E-state index contributed by atoms with van der Waals surface area (Å²) in [6, 6.07) is 14.4. The van der Waals surface area contributed by atoms with Gasteiger partial charge in [0.15, 0.2) is 0 Å². The van der Waals surface area contributed by atoms with E-state index in [1.165, 1.54) is 9.80 Å². The maximum atomic E-state index is 13.3. The molecule has 0 aromatic heterocycles. The molecule has 3 saturated heterocycles. The van der Waals surface area contributed by atoms with E-state index in [0.29, 0.717) is 78.5 Å². The van der Waals surface area contributed by atoms with Crippen LogP contribution in [0.1, 0.15) is 76.6 Å². The Morgan fingerprint density at radius 1 is 0.439 bits per heavy atom. The maximum absolute atomic E-state index is 13.3. The summed E-state index contributed by atoms with van der Waals surface area (Å²) in [6.07, 6.45) is -1.07. The molecule has 2 aromatic carbocycles. The van der Waals surface area contributed by atoms with Crippen molar-refractivity contribution in [2.75, 3.05) is 78.5 Å². The minimum absolute atomic E-state index is 0.0361. The van der Waals surface area contributed by atoms with Gasteiger partial charge in [-0.15, -0.1) is 0 Å². The second-order valence-electron chi connectivity index (χ2n) is 18.5. The molecule has 10 amide bonds. The average Bonchev–Trinajstić information content (AvgIpc) is 3.27. The van der Waals surface area contributed by atoms with Gasteiger partial charge in [-0.2, -0.15) is 0 Å². The number of nitrogens with one attached hydrogen (secondary N) is 4. The molecule has 0 unspecified atom stereocenters. The molecule has 3 aliphatic rings. The molecule has 2 aromatic rings. The SMILES string of the molecule is CC(C)(C)OC(=O)NCc1ccc(CNC(=O)N2CCN(C(=O)CN3CCC(=O)N(CC(=O)N4CCN(C(=O)NCc5ccc(CNC(=O)OC(C)(C)C)cc5)CC4)CCC3=O)CC2)cc1. The molecule has 360 valence electrons. The number of carbonyl (C=O) groups is 8. The van der Waals surface area contributed by atoms with Crippen LogP contribution in [0.3, 0.4) is 0 Å².